The van der Waals surface area contributed by atoms with E-state index in [9.17, 15) is 5.11 Å². The van der Waals surface area contributed by atoms with Crippen LogP contribution >= 0.6 is 12.2 Å². The number of thiocarbonyl (C=S) groups is 1. The van der Waals surface area contributed by atoms with E-state index in [1.807, 2.05) is 49.4 Å². The van der Waals surface area contributed by atoms with Gasteiger partial charge in [-0.3, -0.25) is 0 Å². The smallest absolute Gasteiger partial charge is 0.119 e. The first-order valence-corrected chi connectivity index (χ1v) is 8.56. The van der Waals surface area contributed by atoms with Gasteiger partial charge in [-0.2, -0.15) is 0 Å². The van der Waals surface area contributed by atoms with Crippen LogP contribution in [0, 0.1) is 6.92 Å². The number of aromatic hydroxyl groups is 1. The molecule has 25 heavy (non-hydrogen) atoms. The van der Waals surface area contributed by atoms with Gasteiger partial charge < -0.3 is 10.4 Å². The van der Waals surface area contributed by atoms with Crippen molar-refractivity contribution in [2.75, 3.05) is 5.32 Å². The number of hydrogen-bond acceptors (Lipinski definition) is 2. The fourth-order valence-electron chi connectivity index (χ4n) is 3.14. The van der Waals surface area contributed by atoms with Crippen LogP contribution in [0.1, 0.15) is 11.1 Å². The van der Waals surface area contributed by atoms with Gasteiger partial charge in [-0.1, -0.05) is 66.8 Å². The number of aryl methyl sites for hydroxylation is 1. The van der Waals surface area contributed by atoms with Crippen LogP contribution in [0.4, 0.5) is 5.69 Å². The first kappa shape index (κ1) is 15.6. The van der Waals surface area contributed by atoms with E-state index in [0.29, 0.717) is 10.7 Å². The maximum atomic E-state index is 9.85. The van der Waals surface area contributed by atoms with E-state index in [1.165, 1.54) is 5.39 Å². The number of benzene rings is 4. The van der Waals surface area contributed by atoms with Crippen LogP contribution in [0.3, 0.4) is 0 Å². The van der Waals surface area contributed by atoms with Gasteiger partial charge in [0.25, 0.3) is 0 Å². The third kappa shape index (κ3) is 2.83. The summed E-state index contributed by atoms with van der Waals surface area (Å²) in [6.45, 7) is 1.92. The zero-order chi connectivity index (χ0) is 17.4. The Balaban J connectivity index is 1.71. The van der Waals surface area contributed by atoms with Crippen LogP contribution in [0.25, 0.3) is 21.5 Å². The number of hydrogen-bond donors (Lipinski definition) is 2. The highest BCUT2D eigenvalue weighted by molar-refractivity contribution is 7.81. The van der Waals surface area contributed by atoms with Gasteiger partial charge in [0.15, 0.2) is 0 Å². The van der Waals surface area contributed by atoms with Crippen LogP contribution in [-0.2, 0) is 0 Å². The minimum absolute atomic E-state index is 0.316. The summed E-state index contributed by atoms with van der Waals surface area (Å²) in [5.74, 6) is 0.316. The Bertz CT molecular complexity index is 1110. The quantitative estimate of drug-likeness (QED) is 0.452. The molecule has 0 amide bonds. The summed E-state index contributed by atoms with van der Waals surface area (Å²) in [7, 11) is 0. The third-order valence-electron chi connectivity index (χ3n) is 4.56. The van der Waals surface area contributed by atoms with Crippen molar-refractivity contribution in [3.63, 3.8) is 0 Å². The Morgan fingerprint density at radius 1 is 0.840 bits per heavy atom. The van der Waals surface area contributed by atoms with Gasteiger partial charge in [0, 0.05) is 16.6 Å². The molecule has 0 heterocycles. The van der Waals surface area contributed by atoms with Gasteiger partial charge in [-0.25, -0.2) is 0 Å². The van der Waals surface area contributed by atoms with Gasteiger partial charge in [-0.15, -0.1) is 0 Å². The molecule has 0 fully saturated rings. The van der Waals surface area contributed by atoms with E-state index >= 15 is 0 Å². The highest BCUT2D eigenvalue weighted by Gasteiger charge is 2.08. The topological polar surface area (TPSA) is 32.3 Å². The van der Waals surface area contributed by atoms with Crippen molar-refractivity contribution in [3.05, 3.63) is 83.9 Å². The molecule has 3 heteroatoms. The van der Waals surface area contributed by atoms with E-state index in [1.54, 1.807) is 6.07 Å². The van der Waals surface area contributed by atoms with E-state index in [2.05, 4.69) is 29.6 Å². The van der Waals surface area contributed by atoms with Crippen molar-refractivity contribution in [1.82, 2.24) is 0 Å². The van der Waals surface area contributed by atoms with Crippen LogP contribution in [0.15, 0.2) is 72.8 Å². The fourth-order valence-corrected chi connectivity index (χ4v) is 3.38. The number of anilines is 1. The molecular formula is C22H17NOS. The lowest BCUT2D eigenvalue weighted by Crippen LogP contribution is -2.10. The molecule has 4 rings (SSSR count). The lowest BCUT2D eigenvalue weighted by molar-refractivity contribution is 0.472. The molecule has 0 saturated heterocycles. The predicted molar refractivity (Wildman–Crippen MR) is 110 cm³/mol. The molecule has 0 aliphatic rings. The molecule has 4 aromatic carbocycles. The molecule has 0 bridgehead atoms. The third-order valence-corrected chi connectivity index (χ3v) is 4.90. The molecule has 0 aromatic heterocycles. The van der Waals surface area contributed by atoms with Gasteiger partial charge >= 0.3 is 0 Å². The van der Waals surface area contributed by atoms with Gasteiger partial charge in [0.1, 0.15) is 10.7 Å². The fraction of sp³-hybridized carbons (Fsp3) is 0.0455. The van der Waals surface area contributed by atoms with Crippen LogP contribution in [0.2, 0.25) is 0 Å². The molecule has 0 unspecified atom stereocenters. The highest BCUT2D eigenvalue weighted by atomic mass is 32.1. The molecule has 0 atom stereocenters. The van der Waals surface area contributed by atoms with Crippen molar-refractivity contribution < 1.29 is 5.11 Å². The summed E-state index contributed by atoms with van der Waals surface area (Å²) in [5, 5.41) is 17.7. The Morgan fingerprint density at radius 3 is 2.52 bits per heavy atom. The molecule has 0 aliphatic heterocycles. The lowest BCUT2D eigenvalue weighted by Gasteiger charge is -2.12. The molecule has 0 radical (unpaired) electrons. The molecular weight excluding hydrogens is 326 g/mol. The van der Waals surface area contributed by atoms with Crippen molar-refractivity contribution in [1.29, 1.82) is 0 Å². The molecule has 0 saturated carbocycles. The van der Waals surface area contributed by atoms with E-state index in [4.69, 9.17) is 12.2 Å². The summed E-state index contributed by atoms with van der Waals surface area (Å²) in [5.41, 5.74) is 2.85. The maximum Gasteiger partial charge on any atom is 0.119 e. The minimum Gasteiger partial charge on any atom is -0.508 e. The average molecular weight is 343 g/mol. The Morgan fingerprint density at radius 2 is 1.64 bits per heavy atom. The first-order valence-electron chi connectivity index (χ1n) is 8.15. The molecule has 4 aromatic rings. The SMILES string of the molecule is Cc1c(O)ccc2cc(C(=S)Nc3cccc4ccccc34)ccc12. The summed E-state index contributed by atoms with van der Waals surface area (Å²) in [6.07, 6.45) is 0. The maximum absolute atomic E-state index is 9.85. The molecule has 122 valence electrons. The number of phenols is 1. The van der Waals surface area contributed by atoms with Crippen LogP contribution < -0.4 is 5.32 Å². The zero-order valence-electron chi connectivity index (χ0n) is 13.8. The van der Waals surface area contributed by atoms with Crippen molar-refractivity contribution >= 4 is 44.4 Å². The second-order valence-electron chi connectivity index (χ2n) is 6.13. The molecule has 0 aliphatic carbocycles. The minimum atomic E-state index is 0.316. The highest BCUT2D eigenvalue weighted by Crippen LogP contribution is 2.28. The number of rotatable bonds is 2. The molecule has 0 spiro atoms. The second-order valence-corrected chi connectivity index (χ2v) is 6.53. The first-order chi connectivity index (χ1) is 12.1. The monoisotopic (exact) mass is 343 g/mol. The summed E-state index contributed by atoms with van der Waals surface area (Å²) < 4.78 is 0. The van der Waals surface area contributed by atoms with Crippen LogP contribution in [0.5, 0.6) is 5.75 Å². The van der Waals surface area contributed by atoms with Gasteiger partial charge in [0.05, 0.1) is 0 Å². The average Bonchev–Trinajstić information content (AvgIpc) is 2.65. The molecule has 2 N–H and O–H groups in total. The normalized spacial score (nSPS) is 10.9. The van der Waals surface area contributed by atoms with E-state index in [0.717, 1.165) is 33.0 Å². The number of fused-ring (bicyclic) bond motifs is 2. The van der Waals surface area contributed by atoms with Crippen molar-refractivity contribution in [3.8, 4) is 5.75 Å². The second kappa shape index (κ2) is 6.19. The molecule has 2 nitrogen and oxygen atoms in total. The van der Waals surface area contributed by atoms with E-state index < -0.39 is 0 Å². The number of phenolic OH excluding ortho intramolecular Hbond substituents is 1. The number of nitrogens with one attached hydrogen (secondary N) is 1. The Hall–Kier alpha value is -2.91. The lowest BCUT2D eigenvalue weighted by atomic mass is 10.0. The predicted octanol–water partition coefficient (Wildman–Crippen LogP) is 5.79. The van der Waals surface area contributed by atoms with Gasteiger partial charge in [0.2, 0.25) is 0 Å². The van der Waals surface area contributed by atoms with Crippen molar-refractivity contribution in [2.45, 2.75) is 6.92 Å². The van der Waals surface area contributed by atoms with Gasteiger partial charge in [-0.05, 0) is 46.8 Å². The zero-order valence-corrected chi connectivity index (χ0v) is 14.6. The van der Waals surface area contributed by atoms with Crippen LogP contribution in [-0.4, -0.2) is 10.1 Å². The Kier molecular flexibility index (Phi) is 3.86. The largest absolute Gasteiger partial charge is 0.508 e. The Labute approximate surface area is 151 Å². The van der Waals surface area contributed by atoms with E-state index in [-0.39, 0.29) is 0 Å². The summed E-state index contributed by atoms with van der Waals surface area (Å²) in [6, 6.07) is 24.1. The summed E-state index contributed by atoms with van der Waals surface area (Å²) in [4.78, 5) is 0.684. The summed E-state index contributed by atoms with van der Waals surface area (Å²) >= 11 is 5.63. The van der Waals surface area contributed by atoms with Crippen molar-refractivity contribution in [2.24, 2.45) is 0 Å². The standard InChI is InChI=1S/C22H17NOS/c1-14-18-11-9-17(13-16(18)10-12-21(14)24)22(25)23-20-8-4-6-15-5-2-3-7-19(15)20/h2-13,24H,1H3,(H,23,25).